The van der Waals surface area contributed by atoms with E-state index in [0.717, 1.165) is 16.9 Å². The van der Waals surface area contributed by atoms with Gasteiger partial charge in [-0.3, -0.25) is 0 Å². The van der Waals surface area contributed by atoms with E-state index in [-0.39, 0.29) is 11.7 Å². The second-order valence-corrected chi connectivity index (χ2v) is 7.14. The van der Waals surface area contributed by atoms with Crippen LogP contribution in [0.2, 0.25) is 0 Å². The Balaban J connectivity index is 1.95. The van der Waals surface area contributed by atoms with Crippen LogP contribution in [0, 0.1) is 36.4 Å². The van der Waals surface area contributed by atoms with Crippen LogP contribution in [0.3, 0.4) is 0 Å². The number of methoxy groups -OCH3 is 1. The number of ether oxygens (including phenoxy) is 1. The number of halogens is 1. The molecule has 3 aromatic carbocycles. The first-order valence-corrected chi connectivity index (χ1v) is 9.55. The van der Waals surface area contributed by atoms with Gasteiger partial charge in [0.1, 0.15) is 11.6 Å². The van der Waals surface area contributed by atoms with Gasteiger partial charge < -0.3 is 4.74 Å². The van der Waals surface area contributed by atoms with E-state index in [2.05, 4.69) is 23.7 Å². The van der Waals surface area contributed by atoms with Crippen molar-refractivity contribution in [3.05, 3.63) is 99.9 Å². The van der Waals surface area contributed by atoms with Crippen LogP contribution in [0.4, 0.5) is 4.39 Å². The largest absolute Gasteiger partial charge is 0.497 e. The van der Waals surface area contributed by atoms with Crippen LogP contribution >= 0.6 is 0 Å². The fourth-order valence-corrected chi connectivity index (χ4v) is 2.95. The maximum Gasteiger partial charge on any atom is 0.143 e. The molecule has 0 aliphatic rings. The maximum absolute atomic E-state index is 15.2. The molecular weight excluding hydrogens is 359 g/mol. The first-order valence-electron chi connectivity index (χ1n) is 9.55. The van der Waals surface area contributed by atoms with Gasteiger partial charge in [0.2, 0.25) is 0 Å². The lowest BCUT2D eigenvalue weighted by molar-refractivity contribution is 0.415. The molecule has 0 radical (unpaired) electrons. The number of aryl methyl sites for hydroxylation is 1. The van der Waals surface area contributed by atoms with E-state index in [0.29, 0.717) is 16.7 Å². The molecule has 0 amide bonds. The highest BCUT2D eigenvalue weighted by Crippen LogP contribution is 2.25. The Bertz CT molecular complexity index is 1120. The quantitative estimate of drug-likeness (QED) is 0.489. The third-order valence-electron chi connectivity index (χ3n) is 4.58. The van der Waals surface area contributed by atoms with E-state index in [9.17, 15) is 0 Å². The molecule has 29 heavy (non-hydrogen) atoms. The lowest BCUT2D eigenvalue weighted by Crippen LogP contribution is -2.00. The maximum atomic E-state index is 15.2. The highest BCUT2D eigenvalue weighted by molar-refractivity contribution is 5.54. The zero-order valence-electron chi connectivity index (χ0n) is 17.1. The van der Waals surface area contributed by atoms with Crippen molar-refractivity contribution in [1.82, 2.24) is 0 Å². The van der Waals surface area contributed by atoms with E-state index >= 15 is 4.39 Å². The van der Waals surface area contributed by atoms with Gasteiger partial charge in [-0.2, -0.15) is 0 Å². The second-order valence-electron chi connectivity index (χ2n) is 7.14. The van der Waals surface area contributed by atoms with Gasteiger partial charge in [0.05, 0.1) is 12.7 Å². The topological polar surface area (TPSA) is 9.23 Å². The Morgan fingerprint density at radius 3 is 1.79 bits per heavy atom. The molecule has 144 valence electrons. The highest BCUT2D eigenvalue weighted by atomic mass is 19.1. The van der Waals surface area contributed by atoms with E-state index in [1.165, 1.54) is 5.56 Å². The molecule has 0 aliphatic heterocycles. The van der Waals surface area contributed by atoms with E-state index in [4.69, 9.17) is 4.74 Å². The zero-order chi connectivity index (χ0) is 20.8. The molecule has 3 aromatic rings. The average molecular weight is 382 g/mol. The van der Waals surface area contributed by atoms with Crippen LogP contribution in [-0.2, 0) is 0 Å². The van der Waals surface area contributed by atoms with Crippen LogP contribution in [0.25, 0.3) is 0 Å². The van der Waals surface area contributed by atoms with Crippen LogP contribution in [-0.4, -0.2) is 7.11 Å². The van der Waals surface area contributed by atoms with Gasteiger partial charge in [-0.1, -0.05) is 55.2 Å². The molecule has 0 N–H and O–H groups in total. The van der Waals surface area contributed by atoms with Crippen molar-refractivity contribution in [1.29, 1.82) is 0 Å². The fourth-order valence-electron chi connectivity index (χ4n) is 2.95. The molecule has 0 aromatic heterocycles. The average Bonchev–Trinajstić information content (AvgIpc) is 2.72. The van der Waals surface area contributed by atoms with Crippen molar-refractivity contribution < 1.29 is 9.13 Å². The van der Waals surface area contributed by atoms with Crippen molar-refractivity contribution in [3.63, 3.8) is 0 Å². The smallest absolute Gasteiger partial charge is 0.143 e. The number of hydrogen-bond acceptors (Lipinski definition) is 1. The molecule has 0 atom stereocenters. The molecule has 0 aliphatic carbocycles. The molecule has 0 spiro atoms. The predicted molar refractivity (Wildman–Crippen MR) is 117 cm³/mol. The molecule has 0 saturated heterocycles. The third kappa shape index (κ3) is 5.07. The summed E-state index contributed by atoms with van der Waals surface area (Å²) in [7, 11) is 1.63. The van der Waals surface area contributed by atoms with Crippen molar-refractivity contribution in [2.45, 2.75) is 26.7 Å². The van der Waals surface area contributed by atoms with Gasteiger partial charge in [-0.25, -0.2) is 4.39 Å². The molecule has 3 rings (SSSR count). The molecule has 1 nitrogen and oxygen atoms in total. The summed E-state index contributed by atoms with van der Waals surface area (Å²) in [5.41, 5.74) is 4.57. The Morgan fingerprint density at radius 1 is 0.724 bits per heavy atom. The van der Waals surface area contributed by atoms with Crippen molar-refractivity contribution in [2.75, 3.05) is 7.11 Å². The summed E-state index contributed by atoms with van der Waals surface area (Å²) in [5, 5.41) is 0. The predicted octanol–water partition coefficient (Wildman–Crippen LogP) is 6.07. The van der Waals surface area contributed by atoms with Crippen LogP contribution in [0.15, 0.2) is 60.7 Å². The Morgan fingerprint density at radius 2 is 1.24 bits per heavy atom. The number of rotatable bonds is 2. The summed E-state index contributed by atoms with van der Waals surface area (Å²) in [6.45, 7) is 5.96. The van der Waals surface area contributed by atoms with Crippen molar-refractivity contribution >= 4 is 0 Å². The lowest BCUT2D eigenvalue weighted by atomic mass is 9.94. The Labute approximate surface area is 172 Å². The standard InChI is InChI=1S/C27H23FO/c1-19(2)26-23(13-9-22-11-17-25(29-4)18-12-22)15-16-24(27(26)28)14-10-21-7-5-20(3)6-8-21/h5-8,11-12,15-19H,1-4H3. The fraction of sp³-hybridized carbons (Fsp3) is 0.185. The highest BCUT2D eigenvalue weighted by Gasteiger charge is 2.14. The summed E-state index contributed by atoms with van der Waals surface area (Å²) in [6, 6.07) is 18.9. The van der Waals surface area contributed by atoms with Gasteiger partial charge in [-0.15, -0.1) is 0 Å². The van der Waals surface area contributed by atoms with Gasteiger partial charge in [-0.05, 0) is 61.4 Å². The molecule has 0 heterocycles. The van der Waals surface area contributed by atoms with E-state index < -0.39 is 0 Å². The van der Waals surface area contributed by atoms with Crippen LogP contribution in [0.1, 0.15) is 53.1 Å². The van der Waals surface area contributed by atoms with E-state index in [1.54, 1.807) is 13.2 Å². The third-order valence-corrected chi connectivity index (χ3v) is 4.58. The summed E-state index contributed by atoms with van der Waals surface area (Å²) >= 11 is 0. The number of hydrogen-bond donors (Lipinski definition) is 0. The van der Waals surface area contributed by atoms with Gasteiger partial charge in [0.25, 0.3) is 0 Å². The molecule has 0 fully saturated rings. The summed E-state index contributed by atoms with van der Waals surface area (Å²) in [5.74, 6) is 12.7. The molecule has 2 heteroatoms. The van der Waals surface area contributed by atoms with Crippen molar-refractivity contribution in [2.24, 2.45) is 0 Å². The molecular formula is C27H23FO. The van der Waals surface area contributed by atoms with Gasteiger partial charge in [0, 0.05) is 22.3 Å². The normalized spacial score (nSPS) is 10.0. The SMILES string of the molecule is COc1ccc(C#Cc2ccc(C#Cc3ccc(C)cc3)c(F)c2C(C)C)cc1. The number of benzene rings is 3. The second kappa shape index (κ2) is 9.13. The minimum Gasteiger partial charge on any atom is -0.497 e. The Hall–Kier alpha value is -3.49. The first-order chi connectivity index (χ1) is 14.0. The minimum atomic E-state index is -0.291. The molecule has 0 saturated carbocycles. The zero-order valence-corrected chi connectivity index (χ0v) is 17.1. The van der Waals surface area contributed by atoms with Crippen LogP contribution in [0.5, 0.6) is 5.75 Å². The molecule has 0 unspecified atom stereocenters. The van der Waals surface area contributed by atoms with Gasteiger partial charge >= 0.3 is 0 Å². The summed E-state index contributed by atoms with van der Waals surface area (Å²) in [6.07, 6.45) is 0. The summed E-state index contributed by atoms with van der Waals surface area (Å²) < 4.78 is 20.3. The van der Waals surface area contributed by atoms with Crippen LogP contribution < -0.4 is 4.74 Å². The lowest BCUT2D eigenvalue weighted by Gasteiger charge is -2.11. The van der Waals surface area contributed by atoms with Gasteiger partial charge in [0.15, 0.2) is 0 Å². The summed E-state index contributed by atoms with van der Waals surface area (Å²) in [4.78, 5) is 0. The Kier molecular flexibility index (Phi) is 6.38. The van der Waals surface area contributed by atoms with Crippen molar-refractivity contribution in [3.8, 4) is 29.4 Å². The first kappa shape index (κ1) is 20.2. The minimum absolute atomic E-state index is 0.00343. The molecule has 0 bridgehead atoms. The monoisotopic (exact) mass is 382 g/mol. The van der Waals surface area contributed by atoms with E-state index in [1.807, 2.05) is 75.4 Å².